The van der Waals surface area contributed by atoms with E-state index in [1.165, 1.54) is 6.42 Å². The third kappa shape index (κ3) is 3.32. The minimum Gasteiger partial charge on any atom is -0.493 e. The van der Waals surface area contributed by atoms with Crippen LogP contribution in [0, 0.1) is 11.3 Å². The Morgan fingerprint density at radius 1 is 1.14 bits per heavy atom. The molecule has 1 fully saturated rings. The average Bonchev–Trinajstić information content (AvgIpc) is 2.98. The fraction of sp³-hybridized carbons (Fsp3) is 0.348. The molecular weight excluding hydrogens is 350 g/mol. The lowest BCUT2D eigenvalue weighted by Gasteiger charge is -2.30. The smallest absolute Gasteiger partial charge is 0.121 e. The Balaban J connectivity index is 1.82. The zero-order valence-corrected chi connectivity index (χ0v) is 16.1. The van der Waals surface area contributed by atoms with Crippen molar-refractivity contribution in [3.8, 4) is 23.1 Å². The number of ether oxygens (including phenoxy) is 2. The summed E-state index contributed by atoms with van der Waals surface area (Å²) in [5.74, 6) is 0.829. The van der Waals surface area contributed by atoms with Crippen LogP contribution in [0.3, 0.4) is 0 Å². The van der Waals surface area contributed by atoms with Gasteiger partial charge in [-0.25, -0.2) is 0 Å². The quantitative estimate of drug-likeness (QED) is 0.471. The molecule has 144 valence electrons. The summed E-state index contributed by atoms with van der Waals surface area (Å²) >= 11 is 0. The molecule has 2 aromatic carbocycles. The Morgan fingerprint density at radius 2 is 1.93 bits per heavy atom. The van der Waals surface area contributed by atoms with Crippen LogP contribution in [0.2, 0.25) is 0 Å². The number of benzene rings is 2. The average molecular weight is 375 g/mol. The van der Waals surface area contributed by atoms with Gasteiger partial charge in [0.05, 0.1) is 23.4 Å². The Bertz CT molecular complexity index is 1010. The summed E-state index contributed by atoms with van der Waals surface area (Å²) in [7, 11) is 1.69. The summed E-state index contributed by atoms with van der Waals surface area (Å²) in [6.45, 7) is 1.29. The molecule has 0 unspecified atom stereocenters. The van der Waals surface area contributed by atoms with Crippen molar-refractivity contribution in [1.29, 1.82) is 5.26 Å². The third-order valence-corrected chi connectivity index (χ3v) is 5.47. The Morgan fingerprint density at radius 3 is 2.57 bits per heavy atom. The Labute approximate surface area is 165 Å². The molecule has 0 spiro atoms. The van der Waals surface area contributed by atoms with Gasteiger partial charge >= 0.3 is 0 Å². The summed E-state index contributed by atoms with van der Waals surface area (Å²) in [5, 5.41) is 10.9. The number of hydrogen-bond acceptors (Lipinski definition) is 4. The number of nitrogens with two attached hydrogens (primary N) is 1. The number of hydrogen-bond donors (Lipinski definition) is 1. The van der Waals surface area contributed by atoms with E-state index in [0.717, 1.165) is 58.4 Å². The second kappa shape index (κ2) is 7.95. The van der Waals surface area contributed by atoms with E-state index in [9.17, 15) is 5.26 Å². The number of anilines is 1. The fourth-order valence-corrected chi connectivity index (χ4v) is 3.84. The Kier molecular flexibility index (Phi) is 5.23. The summed E-state index contributed by atoms with van der Waals surface area (Å²) in [5.41, 5.74) is 10.4. The Hall–Kier alpha value is -2.97. The van der Waals surface area contributed by atoms with Crippen molar-refractivity contribution in [3.05, 3.63) is 48.0 Å². The van der Waals surface area contributed by atoms with Crippen molar-refractivity contribution in [2.75, 3.05) is 26.1 Å². The van der Waals surface area contributed by atoms with Gasteiger partial charge in [-0.05, 0) is 49.1 Å². The van der Waals surface area contributed by atoms with E-state index < -0.39 is 0 Å². The molecule has 0 atom stereocenters. The second-order valence-corrected chi connectivity index (χ2v) is 7.29. The predicted octanol–water partition coefficient (Wildman–Crippen LogP) is 4.90. The standard InChI is InChI=1S/C23H25N3O2/c1-27-12-3-13-28-19-10-11-20-21(15-24)23(16-6-8-17(25)9-7-16)26(22(20)14-19)18-4-2-5-18/h6-11,14,18H,2-5,12-13,25H2,1H3. The SMILES string of the molecule is COCCCOc1ccc2c(C#N)c(-c3ccc(N)cc3)n(C3CCC3)c2c1. The van der Waals surface area contributed by atoms with Gasteiger partial charge in [0, 0.05) is 43.3 Å². The predicted molar refractivity (Wildman–Crippen MR) is 111 cm³/mol. The first-order valence-electron chi connectivity index (χ1n) is 9.78. The van der Waals surface area contributed by atoms with Crippen LogP contribution in [0.4, 0.5) is 5.69 Å². The van der Waals surface area contributed by atoms with Crippen LogP contribution in [0.5, 0.6) is 5.75 Å². The maximum Gasteiger partial charge on any atom is 0.121 e. The molecule has 0 radical (unpaired) electrons. The molecule has 5 nitrogen and oxygen atoms in total. The summed E-state index contributed by atoms with van der Waals surface area (Å²) < 4.78 is 13.3. The molecule has 1 aromatic heterocycles. The number of nitrogen functional groups attached to an aromatic ring is 1. The van der Waals surface area contributed by atoms with Gasteiger partial charge in [0.15, 0.2) is 0 Å². The molecule has 4 rings (SSSR count). The van der Waals surface area contributed by atoms with E-state index in [-0.39, 0.29) is 0 Å². The normalized spacial score (nSPS) is 14.0. The van der Waals surface area contributed by atoms with E-state index in [1.807, 2.05) is 36.4 Å². The van der Waals surface area contributed by atoms with Crippen LogP contribution >= 0.6 is 0 Å². The van der Waals surface area contributed by atoms with Crippen LogP contribution in [0.1, 0.15) is 37.3 Å². The highest BCUT2D eigenvalue weighted by molar-refractivity contribution is 5.95. The van der Waals surface area contributed by atoms with Crippen molar-refractivity contribution < 1.29 is 9.47 Å². The highest BCUT2D eigenvalue weighted by atomic mass is 16.5. The lowest BCUT2D eigenvalue weighted by atomic mass is 9.92. The first kappa shape index (κ1) is 18.4. The molecule has 1 heterocycles. The molecule has 5 heteroatoms. The van der Waals surface area contributed by atoms with Gasteiger partial charge < -0.3 is 19.8 Å². The lowest BCUT2D eigenvalue weighted by Crippen LogP contribution is -2.17. The van der Waals surface area contributed by atoms with Gasteiger partial charge in [0.2, 0.25) is 0 Å². The number of methoxy groups -OCH3 is 1. The van der Waals surface area contributed by atoms with Crippen molar-refractivity contribution >= 4 is 16.6 Å². The van der Waals surface area contributed by atoms with Gasteiger partial charge in [-0.2, -0.15) is 5.26 Å². The van der Waals surface area contributed by atoms with Crippen LogP contribution in [-0.2, 0) is 4.74 Å². The van der Waals surface area contributed by atoms with E-state index in [2.05, 4.69) is 16.7 Å². The van der Waals surface area contributed by atoms with E-state index in [1.54, 1.807) is 7.11 Å². The topological polar surface area (TPSA) is 73.2 Å². The first-order valence-corrected chi connectivity index (χ1v) is 9.78. The molecule has 0 aliphatic heterocycles. The monoisotopic (exact) mass is 375 g/mol. The largest absolute Gasteiger partial charge is 0.493 e. The first-order chi connectivity index (χ1) is 13.7. The van der Waals surface area contributed by atoms with Gasteiger partial charge in [-0.15, -0.1) is 0 Å². The zero-order chi connectivity index (χ0) is 19.5. The summed E-state index contributed by atoms with van der Waals surface area (Å²) in [6.07, 6.45) is 4.34. The molecule has 0 bridgehead atoms. The van der Waals surface area contributed by atoms with Crippen LogP contribution < -0.4 is 10.5 Å². The van der Waals surface area contributed by atoms with Crippen molar-refractivity contribution in [2.24, 2.45) is 0 Å². The number of aromatic nitrogens is 1. The maximum atomic E-state index is 9.95. The molecule has 1 aliphatic rings. The highest BCUT2D eigenvalue weighted by Crippen LogP contribution is 2.43. The van der Waals surface area contributed by atoms with Crippen LogP contribution in [0.25, 0.3) is 22.2 Å². The minimum absolute atomic E-state index is 0.417. The van der Waals surface area contributed by atoms with Crippen molar-refractivity contribution in [2.45, 2.75) is 31.7 Å². The van der Waals surface area contributed by atoms with Crippen LogP contribution in [0.15, 0.2) is 42.5 Å². The summed E-state index contributed by atoms with van der Waals surface area (Å²) in [4.78, 5) is 0. The number of nitrogens with zero attached hydrogens (tertiary/aromatic N) is 2. The molecule has 0 amide bonds. The lowest BCUT2D eigenvalue weighted by molar-refractivity contribution is 0.172. The minimum atomic E-state index is 0.417. The highest BCUT2D eigenvalue weighted by Gasteiger charge is 2.27. The van der Waals surface area contributed by atoms with Gasteiger partial charge in [0.1, 0.15) is 11.8 Å². The zero-order valence-electron chi connectivity index (χ0n) is 16.1. The van der Waals surface area contributed by atoms with E-state index in [4.69, 9.17) is 15.2 Å². The van der Waals surface area contributed by atoms with Gasteiger partial charge in [-0.3, -0.25) is 0 Å². The molecule has 1 aliphatic carbocycles. The van der Waals surface area contributed by atoms with Crippen LogP contribution in [-0.4, -0.2) is 24.9 Å². The number of fused-ring (bicyclic) bond motifs is 1. The van der Waals surface area contributed by atoms with Gasteiger partial charge in [0.25, 0.3) is 0 Å². The number of rotatable bonds is 7. The maximum absolute atomic E-state index is 9.95. The summed E-state index contributed by atoms with van der Waals surface area (Å²) in [6, 6.07) is 16.7. The third-order valence-electron chi connectivity index (χ3n) is 5.47. The second-order valence-electron chi connectivity index (χ2n) is 7.29. The van der Waals surface area contributed by atoms with E-state index in [0.29, 0.717) is 19.3 Å². The molecular formula is C23H25N3O2. The molecule has 2 N–H and O–H groups in total. The fourth-order valence-electron chi connectivity index (χ4n) is 3.84. The van der Waals surface area contributed by atoms with E-state index >= 15 is 0 Å². The van der Waals surface area contributed by atoms with Gasteiger partial charge in [-0.1, -0.05) is 12.1 Å². The number of nitriles is 1. The molecule has 1 saturated carbocycles. The van der Waals surface area contributed by atoms with Crippen molar-refractivity contribution in [3.63, 3.8) is 0 Å². The van der Waals surface area contributed by atoms with Crippen molar-refractivity contribution in [1.82, 2.24) is 4.57 Å². The molecule has 3 aromatic rings. The molecule has 0 saturated heterocycles. The molecule has 28 heavy (non-hydrogen) atoms.